The van der Waals surface area contributed by atoms with Crippen LogP contribution < -0.4 is 5.32 Å². The van der Waals surface area contributed by atoms with Crippen LogP contribution in [0.4, 0.5) is 0 Å². The summed E-state index contributed by atoms with van der Waals surface area (Å²) in [5.74, 6) is 2.78. The van der Waals surface area contributed by atoms with E-state index < -0.39 is 0 Å². The molecule has 1 fully saturated rings. The number of hydrogen-bond acceptors (Lipinski definition) is 1. The summed E-state index contributed by atoms with van der Waals surface area (Å²) in [6.45, 7) is 8.56. The van der Waals surface area contributed by atoms with Crippen LogP contribution in [0.2, 0.25) is 0 Å². The molecule has 1 nitrogen and oxygen atoms in total. The van der Waals surface area contributed by atoms with Crippen LogP contribution in [-0.4, -0.2) is 13.1 Å². The van der Waals surface area contributed by atoms with Gasteiger partial charge < -0.3 is 5.32 Å². The van der Waals surface area contributed by atoms with Crippen LogP contribution in [0, 0.1) is 17.8 Å². The van der Waals surface area contributed by atoms with Crippen molar-refractivity contribution in [3.63, 3.8) is 0 Å². The lowest BCUT2D eigenvalue weighted by atomic mass is 9.74. The molecular weight excluding hydrogens is 206 g/mol. The summed E-state index contributed by atoms with van der Waals surface area (Å²) >= 11 is 0. The molecule has 0 aromatic heterocycles. The number of unbranched alkanes of at least 4 members (excludes halogenated alkanes) is 1. The van der Waals surface area contributed by atoms with E-state index in [1.54, 1.807) is 0 Å². The van der Waals surface area contributed by atoms with Gasteiger partial charge in [0.25, 0.3) is 0 Å². The SMILES string of the molecule is C=CCCCC(NC)C1CCC(C(C)C)CC1. The van der Waals surface area contributed by atoms with E-state index in [1.807, 2.05) is 6.08 Å². The summed E-state index contributed by atoms with van der Waals surface area (Å²) in [6, 6.07) is 0.739. The van der Waals surface area contributed by atoms with Crippen molar-refractivity contribution in [1.82, 2.24) is 5.32 Å². The van der Waals surface area contributed by atoms with Crippen LogP contribution in [-0.2, 0) is 0 Å². The molecule has 0 bridgehead atoms. The van der Waals surface area contributed by atoms with Crippen molar-refractivity contribution >= 4 is 0 Å². The van der Waals surface area contributed by atoms with Crippen LogP contribution in [0.3, 0.4) is 0 Å². The van der Waals surface area contributed by atoms with Gasteiger partial charge in [-0.2, -0.15) is 0 Å². The Balaban J connectivity index is 2.31. The van der Waals surface area contributed by atoms with E-state index in [9.17, 15) is 0 Å². The first-order valence-corrected chi connectivity index (χ1v) is 7.47. The van der Waals surface area contributed by atoms with Gasteiger partial charge in [-0.15, -0.1) is 6.58 Å². The quantitative estimate of drug-likeness (QED) is 0.511. The van der Waals surface area contributed by atoms with Crippen LogP contribution in [0.25, 0.3) is 0 Å². The van der Waals surface area contributed by atoms with E-state index >= 15 is 0 Å². The largest absolute Gasteiger partial charge is 0.317 e. The minimum absolute atomic E-state index is 0.739. The molecule has 1 N–H and O–H groups in total. The second-order valence-corrected chi connectivity index (χ2v) is 6.03. The Bertz CT molecular complexity index is 202. The van der Waals surface area contributed by atoms with Gasteiger partial charge in [-0.05, 0) is 69.7 Å². The second kappa shape index (κ2) is 7.92. The maximum atomic E-state index is 3.80. The Labute approximate surface area is 108 Å². The third kappa shape index (κ3) is 4.83. The molecule has 1 heteroatoms. The van der Waals surface area contributed by atoms with E-state index in [-0.39, 0.29) is 0 Å². The number of nitrogens with one attached hydrogen (secondary N) is 1. The summed E-state index contributed by atoms with van der Waals surface area (Å²) in [5, 5.41) is 3.54. The molecule has 0 heterocycles. The highest BCUT2D eigenvalue weighted by Gasteiger charge is 2.27. The summed E-state index contributed by atoms with van der Waals surface area (Å²) in [4.78, 5) is 0. The van der Waals surface area contributed by atoms with E-state index in [0.717, 1.165) is 23.8 Å². The Morgan fingerprint density at radius 3 is 2.24 bits per heavy atom. The number of allylic oxidation sites excluding steroid dienone is 1. The first-order chi connectivity index (χ1) is 8.19. The Morgan fingerprint density at radius 2 is 1.76 bits per heavy atom. The predicted molar refractivity (Wildman–Crippen MR) is 77.2 cm³/mol. The average Bonchev–Trinajstić information content (AvgIpc) is 2.35. The van der Waals surface area contributed by atoms with E-state index in [4.69, 9.17) is 0 Å². The topological polar surface area (TPSA) is 12.0 Å². The molecule has 1 atom stereocenters. The molecule has 1 saturated carbocycles. The molecule has 100 valence electrons. The van der Waals surface area contributed by atoms with Gasteiger partial charge in [0.15, 0.2) is 0 Å². The molecule has 0 amide bonds. The molecule has 0 radical (unpaired) electrons. The fraction of sp³-hybridized carbons (Fsp3) is 0.875. The van der Waals surface area contributed by atoms with Crippen molar-refractivity contribution in [3.05, 3.63) is 12.7 Å². The van der Waals surface area contributed by atoms with Gasteiger partial charge in [-0.3, -0.25) is 0 Å². The maximum absolute atomic E-state index is 3.80. The summed E-state index contributed by atoms with van der Waals surface area (Å²) < 4.78 is 0. The first kappa shape index (κ1) is 14.8. The van der Waals surface area contributed by atoms with Crippen molar-refractivity contribution in [1.29, 1.82) is 0 Å². The fourth-order valence-electron chi connectivity index (χ4n) is 3.31. The monoisotopic (exact) mass is 237 g/mol. The van der Waals surface area contributed by atoms with Crippen molar-refractivity contribution < 1.29 is 0 Å². The first-order valence-electron chi connectivity index (χ1n) is 7.47. The van der Waals surface area contributed by atoms with Crippen molar-refractivity contribution in [2.75, 3.05) is 7.05 Å². The van der Waals surface area contributed by atoms with E-state index in [0.29, 0.717) is 0 Å². The standard InChI is InChI=1S/C16H31N/c1-5-6-7-8-16(17-4)15-11-9-14(10-12-15)13(2)3/h5,13-17H,1,6-12H2,2-4H3. The predicted octanol–water partition coefficient (Wildman–Crippen LogP) is 4.39. The average molecular weight is 237 g/mol. The molecule has 17 heavy (non-hydrogen) atoms. The Morgan fingerprint density at radius 1 is 1.18 bits per heavy atom. The smallest absolute Gasteiger partial charge is 0.00924 e. The second-order valence-electron chi connectivity index (χ2n) is 6.03. The molecule has 1 unspecified atom stereocenters. The van der Waals surface area contributed by atoms with Crippen LogP contribution in [0.15, 0.2) is 12.7 Å². The molecule has 0 aromatic carbocycles. The highest BCUT2D eigenvalue weighted by molar-refractivity contribution is 4.82. The van der Waals surface area contributed by atoms with Gasteiger partial charge in [0.2, 0.25) is 0 Å². The number of rotatable bonds is 7. The lowest BCUT2D eigenvalue weighted by Gasteiger charge is -2.35. The summed E-state index contributed by atoms with van der Waals surface area (Å²) in [5.41, 5.74) is 0. The zero-order chi connectivity index (χ0) is 12.7. The maximum Gasteiger partial charge on any atom is 0.00924 e. The Kier molecular flexibility index (Phi) is 6.87. The molecule has 0 saturated heterocycles. The van der Waals surface area contributed by atoms with Crippen molar-refractivity contribution in [2.24, 2.45) is 17.8 Å². The molecule has 0 aliphatic heterocycles. The van der Waals surface area contributed by atoms with Crippen LogP contribution >= 0.6 is 0 Å². The summed E-state index contributed by atoms with van der Waals surface area (Å²) in [7, 11) is 2.13. The van der Waals surface area contributed by atoms with Gasteiger partial charge in [0.1, 0.15) is 0 Å². The molecule has 0 aromatic rings. The van der Waals surface area contributed by atoms with Gasteiger partial charge >= 0.3 is 0 Å². The minimum Gasteiger partial charge on any atom is -0.317 e. The van der Waals surface area contributed by atoms with Gasteiger partial charge in [-0.25, -0.2) is 0 Å². The third-order valence-corrected chi connectivity index (χ3v) is 4.62. The van der Waals surface area contributed by atoms with E-state index in [1.165, 1.54) is 44.9 Å². The Hall–Kier alpha value is -0.300. The highest BCUT2D eigenvalue weighted by Crippen LogP contribution is 2.35. The molecule has 0 spiro atoms. The van der Waals surface area contributed by atoms with Crippen LogP contribution in [0.1, 0.15) is 58.8 Å². The molecule has 1 rings (SSSR count). The zero-order valence-electron chi connectivity index (χ0n) is 12.0. The van der Waals surface area contributed by atoms with Gasteiger partial charge in [-0.1, -0.05) is 19.9 Å². The van der Waals surface area contributed by atoms with Crippen molar-refractivity contribution in [2.45, 2.75) is 64.8 Å². The van der Waals surface area contributed by atoms with Crippen molar-refractivity contribution in [3.8, 4) is 0 Å². The summed E-state index contributed by atoms with van der Waals surface area (Å²) in [6.07, 6.45) is 11.6. The lowest BCUT2D eigenvalue weighted by molar-refractivity contribution is 0.186. The molecular formula is C16H31N. The molecule has 1 aliphatic rings. The highest BCUT2D eigenvalue weighted by atomic mass is 14.9. The minimum atomic E-state index is 0.739. The molecule has 1 aliphatic carbocycles. The lowest BCUT2D eigenvalue weighted by Crippen LogP contribution is -2.36. The zero-order valence-corrected chi connectivity index (χ0v) is 12.0. The normalized spacial score (nSPS) is 27.1. The van der Waals surface area contributed by atoms with Gasteiger partial charge in [0, 0.05) is 6.04 Å². The third-order valence-electron chi connectivity index (χ3n) is 4.62. The number of hydrogen-bond donors (Lipinski definition) is 1. The van der Waals surface area contributed by atoms with Gasteiger partial charge in [0.05, 0.1) is 0 Å². The van der Waals surface area contributed by atoms with Crippen LogP contribution in [0.5, 0.6) is 0 Å². The fourth-order valence-corrected chi connectivity index (χ4v) is 3.31. The van der Waals surface area contributed by atoms with E-state index in [2.05, 4.69) is 32.8 Å².